The van der Waals surface area contributed by atoms with Crippen LogP contribution in [0.3, 0.4) is 0 Å². The van der Waals surface area contributed by atoms with Crippen LogP contribution in [-0.4, -0.2) is 18.5 Å². The van der Waals surface area contributed by atoms with Crippen molar-refractivity contribution in [2.45, 2.75) is 38.6 Å². The summed E-state index contributed by atoms with van der Waals surface area (Å²) in [5, 5.41) is 3.10. The fourth-order valence-corrected chi connectivity index (χ4v) is 2.60. The topological polar surface area (TPSA) is 55.1 Å². The molecule has 1 unspecified atom stereocenters. The van der Waals surface area contributed by atoms with Crippen molar-refractivity contribution in [3.8, 4) is 0 Å². The number of hydrogen-bond donors (Lipinski definition) is 2. The van der Waals surface area contributed by atoms with E-state index in [2.05, 4.69) is 24.4 Å². The number of hydrogen-bond acceptors (Lipinski definition) is 2. The first kappa shape index (κ1) is 13.1. The highest BCUT2D eigenvalue weighted by Crippen LogP contribution is 2.26. The van der Waals surface area contributed by atoms with Crippen molar-refractivity contribution in [3.63, 3.8) is 0 Å². The van der Waals surface area contributed by atoms with Gasteiger partial charge in [0.15, 0.2) is 0 Å². The van der Waals surface area contributed by atoms with Crippen molar-refractivity contribution in [2.75, 3.05) is 6.54 Å². The van der Waals surface area contributed by atoms with Crippen LogP contribution in [0, 0.1) is 5.92 Å². The van der Waals surface area contributed by atoms with E-state index in [4.69, 9.17) is 5.73 Å². The highest BCUT2D eigenvalue weighted by Gasteiger charge is 2.27. The van der Waals surface area contributed by atoms with Gasteiger partial charge in [-0.2, -0.15) is 0 Å². The fraction of sp³-hybridized carbons (Fsp3) is 0.533. The van der Waals surface area contributed by atoms with Crippen molar-refractivity contribution >= 4 is 5.91 Å². The minimum absolute atomic E-state index is 0.114. The SMILES string of the molecule is CC(CCCN)NC(=O)C1Cc2ccccc2C1. The van der Waals surface area contributed by atoms with Crippen LogP contribution in [0.5, 0.6) is 0 Å². The van der Waals surface area contributed by atoms with Gasteiger partial charge in [0.2, 0.25) is 5.91 Å². The second-order valence-corrected chi connectivity index (χ2v) is 5.21. The van der Waals surface area contributed by atoms with E-state index in [0.717, 1.165) is 25.7 Å². The van der Waals surface area contributed by atoms with Gasteiger partial charge in [0.05, 0.1) is 0 Å². The Morgan fingerprint density at radius 3 is 2.56 bits per heavy atom. The molecule has 0 radical (unpaired) electrons. The maximum Gasteiger partial charge on any atom is 0.223 e. The van der Waals surface area contributed by atoms with E-state index >= 15 is 0 Å². The van der Waals surface area contributed by atoms with Crippen molar-refractivity contribution in [1.29, 1.82) is 0 Å². The number of carbonyl (C=O) groups excluding carboxylic acids is 1. The number of benzene rings is 1. The first-order valence-electron chi connectivity index (χ1n) is 6.78. The number of nitrogens with two attached hydrogens (primary N) is 1. The van der Waals surface area contributed by atoms with Gasteiger partial charge in [-0.05, 0) is 50.3 Å². The third kappa shape index (κ3) is 3.10. The van der Waals surface area contributed by atoms with Crippen molar-refractivity contribution < 1.29 is 4.79 Å². The molecule has 0 spiro atoms. The minimum Gasteiger partial charge on any atom is -0.353 e. The molecule has 0 aliphatic heterocycles. The van der Waals surface area contributed by atoms with Crippen LogP contribution in [0.25, 0.3) is 0 Å². The average molecular weight is 246 g/mol. The molecule has 98 valence electrons. The van der Waals surface area contributed by atoms with E-state index < -0.39 is 0 Å². The first-order valence-corrected chi connectivity index (χ1v) is 6.78. The second kappa shape index (κ2) is 6.01. The number of rotatable bonds is 5. The van der Waals surface area contributed by atoms with Crippen molar-refractivity contribution in [1.82, 2.24) is 5.32 Å². The fourth-order valence-electron chi connectivity index (χ4n) is 2.60. The highest BCUT2D eigenvalue weighted by atomic mass is 16.1. The standard InChI is InChI=1S/C15H22N2O/c1-11(5-4-8-16)17-15(18)14-9-12-6-2-3-7-13(12)10-14/h2-3,6-7,11,14H,4-5,8-10,16H2,1H3,(H,17,18). The second-order valence-electron chi connectivity index (χ2n) is 5.21. The van der Waals surface area contributed by atoms with Gasteiger partial charge < -0.3 is 11.1 Å². The largest absolute Gasteiger partial charge is 0.353 e. The lowest BCUT2D eigenvalue weighted by Crippen LogP contribution is -2.37. The molecule has 0 saturated carbocycles. The van der Waals surface area contributed by atoms with E-state index in [1.54, 1.807) is 0 Å². The summed E-state index contributed by atoms with van der Waals surface area (Å²) in [6.45, 7) is 2.74. The molecule has 0 saturated heterocycles. The van der Waals surface area contributed by atoms with Crippen LogP contribution in [0.4, 0.5) is 0 Å². The van der Waals surface area contributed by atoms with Gasteiger partial charge in [-0.25, -0.2) is 0 Å². The quantitative estimate of drug-likeness (QED) is 0.830. The van der Waals surface area contributed by atoms with Crippen LogP contribution in [0.15, 0.2) is 24.3 Å². The molecule has 1 aliphatic rings. The van der Waals surface area contributed by atoms with Crippen LogP contribution in [0.1, 0.15) is 30.9 Å². The Balaban J connectivity index is 1.85. The zero-order valence-electron chi connectivity index (χ0n) is 11.0. The van der Waals surface area contributed by atoms with Gasteiger partial charge in [0, 0.05) is 12.0 Å². The molecule has 0 aromatic heterocycles. The molecule has 3 N–H and O–H groups in total. The average Bonchev–Trinajstić information content (AvgIpc) is 2.80. The molecule has 1 amide bonds. The summed E-state index contributed by atoms with van der Waals surface area (Å²) < 4.78 is 0. The summed E-state index contributed by atoms with van der Waals surface area (Å²) in [4.78, 5) is 12.1. The lowest BCUT2D eigenvalue weighted by atomic mass is 10.0. The number of fused-ring (bicyclic) bond motifs is 1. The van der Waals surface area contributed by atoms with Gasteiger partial charge in [0.25, 0.3) is 0 Å². The molecule has 1 aliphatic carbocycles. The smallest absolute Gasteiger partial charge is 0.223 e. The Labute approximate surface area is 109 Å². The van der Waals surface area contributed by atoms with Gasteiger partial charge in [-0.15, -0.1) is 0 Å². The highest BCUT2D eigenvalue weighted by molar-refractivity contribution is 5.80. The summed E-state index contributed by atoms with van der Waals surface area (Å²) in [6.07, 6.45) is 3.69. The molecular formula is C15H22N2O. The maximum absolute atomic E-state index is 12.1. The Kier molecular flexibility index (Phi) is 4.37. The number of amides is 1. The lowest BCUT2D eigenvalue weighted by molar-refractivity contribution is -0.125. The van der Waals surface area contributed by atoms with E-state index in [-0.39, 0.29) is 17.9 Å². The Bertz CT molecular complexity index is 392. The summed E-state index contributed by atoms with van der Waals surface area (Å²) in [7, 11) is 0. The first-order chi connectivity index (χ1) is 8.70. The van der Waals surface area contributed by atoms with E-state index in [1.165, 1.54) is 11.1 Å². The predicted molar refractivity (Wildman–Crippen MR) is 73.2 cm³/mol. The number of carbonyl (C=O) groups is 1. The molecular weight excluding hydrogens is 224 g/mol. The van der Waals surface area contributed by atoms with E-state index in [1.807, 2.05) is 12.1 Å². The van der Waals surface area contributed by atoms with Crippen LogP contribution in [0.2, 0.25) is 0 Å². The van der Waals surface area contributed by atoms with Crippen LogP contribution in [-0.2, 0) is 17.6 Å². The molecule has 1 atom stereocenters. The summed E-state index contributed by atoms with van der Waals surface area (Å²) in [6, 6.07) is 8.57. The molecule has 1 aromatic carbocycles. The number of nitrogens with one attached hydrogen (secondary N) is 1. The summed E-state index contributed by atoms with van der Waals surface area (Å²) in [5.41, 5.74) is 8.13. The molecule has 3 heteroatoms. The molecule has 18 heavy (non-hydrogen) atoms. The molecule has 3 nitrogen and oxygen atoms in total. The van der Waals surface area contributed by atoms with Gasteiger partial charge >= 0.3 is 0 Å². The summed E-state index contributed by atoms with van der Waals surface area (Å²) >= 11 is 0. The Morgan fingerprint density at radius 2 is 2.00 bits per heavy atom. The molecule has 0 heterocycles. The zero-order valence-corrected chi connectivity index (χ0v) is 11.0. The lowest BCUT2D eigenvalue weighted by Gasteiger charge is -2.16. The molecule has 0 bridgehead atoms. The Morgan fingerprint density at radius 1 is 1.39 bits per heavy atom. The van der Waals surface area contributed by atoms with Gasteiger partial charge in [-0.1, -0.05) is 24.3 Å². The van der Waals surface area contributed by atoms with Gasteiger partial charge in [0.1, 0.15) is 0 Å². The van der Waals surface area contributed by atoms with Gasteiger partial charge in [-0.3, -0.25) is 4.79 Å². The van der Waals surface area contributed by atoms with E-state index in [9.17, 15) is 4.79 Å². The predicted octanol–water partition coefficient (Wildman–Crippen LogP) is 1.65. The normalized spacial score (nSPS) is 16.3. The Hall–Kier alpha value is -1.35. The molecule has 1 aromatic rings. The van der Waals surface area contributed by atoms with Crippen LogP contribution < -0.4 is 11.1 Å². The third-order valence-corrected chi connectivity index (χ3v) is 3.65. The summed E-state index contributed by atoms with van der Waals surface area (Å²) in [5.74, 6) is 0.304. The van der Waals surface area contributed by atoms with Crippen molar-refractivity contribution in [2.24, 2.45) is 11.7 Å². The molecule has 0 fully saturated rings. The van der Waals surface area contributed by atoms with Crippen LogP contribution >= 0.6 is 0 Å². The van der Waals surface area contributed by atoms with E-state index in [0.29, 0.717) is 6.54 Å². The third-order valence-electron chi connectivity index (χ3n) is 3.65. The monoisotopic (exact) mass is 246 g/mol. The minimum atomic E-state index is 0.114. The zero-order chi connectivity index (χ0) is 13.0. The maximum atomic E-state index is 12.1. The molecule has 2 rings (SSSR count). The van der Waals surface area contributed by atoms with Crippen molar-refractivity contribution in [3.05, 3.63) is 35.4 Å².